The van der Waals surface area contributed by atoms with Gasteiger partial charge in [-0.2, -0.15) is 0 Å². The summed E-state index contributed by atoms with van der Waals surface area (Å²) in [5.74, 6) is 2.46. The number of rotatable bonds is 21. The Labute approximate surface area is 339 Å². The third kappa shape index (κ3) is 10.6. The molecule has 14 atom stereocenters. The van der Waals surface area contributed by atoms with Gasteiger partial charge >= 0.3 is 5.97 Å². The molecule has 56 heavy (non-hydrogen) atoms. The number of fused-ring (bicyclic) bond motifs is 5. The number of hydrogen-bond acceptors (Lipinski definition) is 9. The van der Waals surface area contributed by atoms with Gasteiger partial charge < -0.3 is 39.7 Å². The van der Waals surface area contributed by atoms with Crippen LogP contribution in [-0.2, 0) is 19.0 Å². The average molecular weight is 791 g/mol. The van der Waals surface area contributed by atoms with E-state index in [0.717, 1.165) is 56.4 Å². The predicted octanol–water partition coefficient (Wildman–Crippen LogP) is 9.32. The molecule has 5 aliphatic rings. The maximum atomic E-state index is 12.5. The molecule has 0 radical (unpaired) electrons. The monoisotopic (exact) mass is 791 g/mol. The van der Waals surface area contributed by atoms with Crippen molar-refractivity contribution in [2.45, 2.75) is 226 Å². The minimum Gasteiger partial charge on any atom is -0.510 e. The largest absolute Gasteiger partial charge is 0.510 e. The van der Waals surface area contributed by atoms with E-state index in [4.69, 9.17) is 14.2 Å². The fourth-order valence-electron chi connectivity index (χ4n) is 12.4. The van der Waals surface area contributed by atoms with Crippen molar-refractivity contribution in [2.24, 2.45) is 46.3 Å². The van der Waals surface area contributed by atoms with Crippen LogP contribution in [0, 0.1) is 46.3 Å². The Morgan fingerprint density at radius 2 is 1.45 bits per heavy atom. The van der Waals surface area contributed by atoms with Gasteiger partial charge in [-0.3, -0.25) is 4.79 Å². The quantitative estimate of drug-likeness (QED) is 0.0567. The van der Waals surface area contributed by atoms with Gasteiger partial charge in [0.1, 0.15) is 42.9 Å². The molecule has 1 heterocycles. The maximum absolute atomic E-state index is 12.5. The lowest BCUT2D eigenvalue weighted by Gasteiger charge is -2.60. The summed E-state index contributed by atoms with van der Waals surface area (Å²) in [5, 5.41) is 56.1. The van der Waals surface area contributed by atoms with Gasteiger partial charge in [-0.1, -0.05) is 125 Å². The zero-order valence-electron chi connectivity index (χ0n) is 36.1. The SMILES string of the molecule is CCCCCCCCCCCCCC(=O)OC[C@H]1O[C@H](OC2CC[C@@]3(C)C(=C(O)C(O)C4C3CC[C@@]3(C)C4CC[C@@H]3[C@H](C)CCCC(C)C)C2)[C@H](O)[C@H](O)[C@H]1O. The molecule has 3 saturated carbocycles. The number of aliphatic hydroxyl groups is 5. The van der Waals surface area contributed by atoms with Crippen molar-refractivity contribution in [2.75, 3.05) is 6.61 Å². The molecule has 9 heteroatoms. The van der Waals surface area contributed by atoms with Crippen LogP contribution in [0.25, 0.3) is 0 Å². The van der Waals surface area contributed by atoms with Gasteiger partial charge in [0.05, 0.1) is 6.10 Å². The van der Waals surface area contributed by atoms with Crippen LogP contribution in [0.4, 0.5) is 0 Å². The second-order valence-corrected chi connectivity index (χ2v) is 20.0. The van der Waals surface area contributed by atoms with Crippen molar-refractivity contribution in [1.82, 2.24) is 0 Å². The summed E-state index contributed by atoms with van der Waals surface area (Å²) in [6, 6.07) is 0. The highest BCUT2D eigenvalue weighted by atomic mass is 16.7. The topological polar surface area (TPSA) is 146 Å². The van der Waals surface area contributed by atoms with Crippen LogP contribution in [0.3, 0.4) is 0 Å². The van der Waals surface area contributed by atoms with E-state index in [-0.39, 0.29) is 47.4 Å². The first-order valence-electron chi connectivity index (χ1n) is 23.3. The van der Waals surface area contributed by atoms with Crippen molar-refractivity contribution in [3.8, 4) is 0 Å². The lowest BCUT2D eigenvalue weighted by molar-refractivity contribution is -0.313. The standard InChI is InChI=1S/C47H82O9/c1-7-8-9-10-11-12-13-14-15-16-17-21-38(48)54-29-37-41(50)43(52)44(53)45(56-37)55-32-24-26-47(6)35-25-27-46(5)33(31(4)20-18-19-30(2)3)22-23-34(46)39(35)42(51)40(49)36(47)28-32/h30-35,37,39,41-45,49-53H,7-29H2,1-6H3/t31-,32?,33-,34?,35?,37-,39?,41+,42?,43-,44-,45+,46-,47-/m1/s1. The summed E-state index contributed by atoms with van der Waals surface area (Å²) in [7, 11) is 0. The number of esters is 1. The summed E-state index contributed by atoms with van der Waals surface area (Å²) in [6.45, 7) is 13.8. The Bertz CT molecular complexity index is 1250. The van der Waals surface area contributed by atoms with E-state index in [0.29, 0.717) is 30.6 Å². The fraction of sp³-hybridized carbons (Fsp3) is 0.936. The van der Waals surface area contributed by atoms with E-state index in [9.17, 15) is 30.3 Å². The molecule has 4 fully saturated rings. The number of carbonyl (C=O) groups is 1. The molecule has 5 unspecified atom stereocenters. The molecule has 0 aromatic heterocycles. The number of ether oxygens (including phenoxy) is 3. The van der Waals surface area contributed by atoms with Crippen molar-refractivity contribution < 1.29 is 44.5 Å². The molecule has 5 rings (SSSR count). The van der Waals surface area contributed by atoms with Gasteiger partial charge in [-0.05, 0) is 103 Å². The summed E-state index contributed by atoms with van der Waals surface area (Å²) in [6.07, 6.45) is 15.4. The van der Waals surface area contributed by atoms with E-state index in [1.54, 1.807) is 0 Å². The van der Waals surface area contributed by atoms with Crippen LogP contribution in [0.5, 0.6) is 0 Å². The van der Waals surface area contributed by atoms with E-state index in [1.165, 1.54) is 77.0 Å². The average Bonchev–Trinajstić information content (AvgIpc) is 3.53. The van der Waals surface area contributed by atoms with E-state index >= 15 is 0 Å². The molecule has 0 aromatic carbocycles. The van der Waals surface area contributed by atoms with Crippen LogP contribution in [0.1, 0.15) is 183 Å². The molecule has 0 aromatic rings. The second kappa shape index (κ2) is 20.8. The smallest absolute Gasteiger partial charge is 0.305 e. The Morgan fingerprint density at radius 1 is 0.786 bits per heavy atom. The first kappa shape index (κ1) is 45.8. The Kier molecular flexibility index (Phi) is 17.1. The third-order valence-electron chi connectivity index (χ3n) is 15.8. The van der Waals surface area contributed by atoms with Gasteiger partial charge in [0.2, 0.25) is 0 Å². The van der Waals surface area contributed by atoms with Crippen LogP contribution >= 0.6 is 0 Å². The molecular formula is C47H82O9. The Morgan fingerprint density at radius 3 is 2.11 bits per heavy atom. The molecule has 1 aliphatic heterocycles. The Balaban J connectivity index is 1.11. The first-order chi connectivity index (χ1) is 26.7. The van der Waals surface area contributed by atoms with Crippen molar-refractivity contribution in [1.29, 1.82) is 0 Å². The molecule has 9 nitrogen and oxygen atoms in total. The van der Waals surface area contributed by atoms with E-state index in [2.05, 4.69) is 41.5 Å². The van der Waals surface area contributed by atoms with Crippen LogP contribution in [-0.4, -0.2) is 81.0 Å². The molecule has 0 spiro atoms. The maximum Gasteiger partial charge on any atom is 0.305 e. The van der Waals surface area contributed by atoms with Crippen molar-refractivity contribution >= 4 is 5.97 Å². The molecule has 324 valence electrons. The van der Waals surface area contributed by atoms with Gasteiger partial charge in [-0.25, -0.2) is 0 Å². The summed E-state index contributed by atoms with van der Waals surface area (Å²) in [5.41, 5.74) is 0.759. The number of aliphatic hydroxyl groups excluding tert-OH is 5. The lowest BCUT2D eigenvalue weighted by Crippen LogP contribution is -2.60. The summed E-state index contributed by atoms with van der Waals surface area (Å²) in [4.78, 5) is 12.5. The zero-order chi connectivity index (χ0) is 40.6. The van der Waals surface area contributed by atoms with E-state index in [1.807, 2.05) is 0 Å². The lowest BCUT2D eigenvalue weighted by atomic mass is 9.46. The highest BCUT2D eigenvalue weighted by Gasteiger charge is 2.63. The van der Waals surface area contributed by atoms with E-state index < -0.39 is 42.9 Å². The van der Waals surface area contributed by atoms with Crippen LogP contribution < -0.4 is 0 Å². The minimum absolute atomic E-state index is 0.0336. The number of unbranched alkanes of at least 4 members (excludes halogenated alkanes) is 10. The fourth-order valence-corrected chi connectivity index (χ4v) is 12.4. The number of hydrogen-bond donors (Lipinski definition) is 5. The summed E-state index contributed by atoms with van der Waals surface area (Å²) >= 11 is 0. The van der Waals surface area contributed by atoms with Gasteiger partial charge in [0.15, 0.2) is 6.29 Å². The molecular weight excluding hydrogens is 709 g/mol. The second-order valence-electron chi connectivity index (χ2n) is 20.0. The number of carbonyl (C=O) groups excluding carboxylic acids is 1. The third-order valence-corrected chi connectivity index (χ3v) is 15.8. The molecule has 1 saturated heterocycles. The van der Waals surface area contributed by atoms with Crippen molar-refractivity contribution in [3.05, 3.63) is 11.3 Å². The molecule has 0 bridgehead atoms. The zero-order valence-corrected chi connectivity index (χ0v) is 36.1. The minimum atomic E-state index is -1.53. The first-order valence-corrected chi connectivity index (χ1v) is 23.3. The highest BCUT2D eigenvalue weighted by molar-refractivity contribution is 5.69. The molecule has 0 amide bonds. The van der Waals surface area contributed by atoms with Crippen molar-refractivity contribution in [3.63, 3.8) is 0 Å². The Hall–Kier alpha value is -1.23. The predicted molar refractivity (Wildman–Crippen MR) is 220 cm³/mol. The summed E-state index contributed by atoms with van der Waals surface area (Å²) < 4.78 is 17.8. The molecule has 4 aliphatic carbocycles. The molecule has 5 N–H and O–H groups in total. The van der Waals surface area contributed by atoms with Crippen LogP contribution in [0.2, 0.25) is 0 Å². The van der Waals surface area contributed by atoms with Gasteiger partial charge in [0.25, 0.3) is 0 Å². The van der Waals surface area contributed by atoms with Crippen LogP contribution in [0.15, 0.2) is 11.3 Å². The highest BCUT2D eigenvalue weighted by Crippen LogP contribution is 2.68. The van der Waals surface area contributed by atoms with Gasteiger partial charge in [0, 0.05) is 6.42 Å². The normalized spacial score (nSPS) is 38.9. The van der Waals surface area contributed by atoms with Gasteiger partial charge in [-0.15, -0.1) is 0 Å².